The molecule has 0 aromatic rings. The zero-order valence-corrected chi connectivity index (χ0v) is 17.3. The standard InChI is InChI=1S/C21H38N4O2/c1-17(2)16-25-14-8-22-21(27)19(25)15-20(26)24-12-6-18(7-13-24)5-11-23-9-3-4-10-23/h17-19H,3-16H2,1-2H3,(H,22,27)/t19-/m1/s1. The molecule has 1 atom stereocenters. The Morgan fingerprint density at radius 3 is 2.48 bits per heavy atom. The Morgan fingerprint density at radius 2 is 1.81 bits per heavy atom. The number of rotatable bonds is 7. The molecule has 27 heavy (non-hydrogen) atoms. The largest absolute Gasteiger partial charge is 0.353 e. The van der Waals surface area contributed by atoms with Gasteiger partial charge in [-0.2, -0.15) is 0 Å². The average molecular weight is 379 g/mol. The van der Waals surface area contributed by atoms with Crippen LogP contribution < -0.4 is 5.32 Å². The smallest absolute Gasteiger partial charge is 0.237 e. The highest BCUT2D eigenvalue weighted by atomic mass is 16.2. The maximum Gasteiger partial charge on any atom is 0.237 e. The quantitative estimate of drug-likeness (QED) is 0.730. The van der Waals surface area contributed by atoms with Crippen LogP contribution in [0.25, 0.3) is 0 Å². The minimum atomic E-state index is -0.290. The van der Waals surface area contributed by atoms with E-state index in [9.17, 15) is 9.59 Å². The Kier molecular flexibility index (Phi) is 7.53. The van der Waals surface area contributed by atoms with Crippen LogP contribution in [0.4, 0.5) is 0 Å². The molecule has 0 aromatic carbocycles. The second-order valence-corrected chi connectivity index (χ2v) is 9.06. The lowest BCUT2D eigenvalue weighted by atomic mass is 9.93. The first kappa shape index (κ1) is 20.6. The van der Waals surface area contributed by atoms with E-state index in [-0.39, 0.29) is 17.9 Å². The van der Waals surface area contributed by atoms with Crippen molar-refractivity contribution in [2.75, 3.05) is 52.4 Å². The summed E-state index contributed by atoms with van der Waals surface area (Å²) in [5.74, 6) is 1.43. The van der Waals surface area contributed by atoms with Crippen molar-refractivity contribution in [3.05, 3.63) is 0 Å². The van der Waals surface area contributed by atoms with Crippen LogP contribution >= 0.6 is 0 Å². The van der Waals surface area contributed by atoms with Crippen LogP contribution in [0, 0.1) is 11.8 Å². The molecule has 3 aliphatic rings. The van der Waals surface area contributed by atoms with Gasteiger partial charge in [-0.3, -0.25) is 14.5 Å². The van der Waals surface area contributed by atoms with Crippen LogP contribution in [0.3, 0.4) is 0 Å². The second kappa shape index (κ2) is 9.87. The predicted molar refractivity (Wildman–Crippen MR) is 107 cm³/mol. The molecule has 0 aromatic heterocycles. The number of likely N-dealkylation sites (tertiary alicyclic amines) is 2. The Morgan fingerprint density at radius 1 is 1.11 bits per heavy atom. The minimum Gasteiger partial charge on any atom is -0.353 e. The van der Waals surface area contributed by atoms with Crippen molar-refractivity contribution >= 4 is 11.8 Å². The molecule has 3 heterocycles. The molecule has 2 amide bonds. The first-order chi connectivity index (χ1) is 13.0. The SMILES string of the molecule is CC(C)CN1CCNC(=O)[C@H]1CC(=O)N1CCC(CCN2CCCC2)CC1. The summed E-state index contributed by atoms with van der Waals surface area (Å²) in [4.78, 5) is 32.0. The first-order valence-corrected chi connectivity index (χ1v) is 11.0. The molecule has 6 heteroatoms. The van der Waals surface area contributed by atoms with Crippen LogP contribution in [0.5, 0.6) is 0 Å². The number of piperidine rings is 1. The molecule has 0 aliphatic carbocycles. The number of hydrogen-bond donors (Lipinski definition) is 1. The van der Waals surface area contributed by atoms with Crippen LogP contribution in [-0.4, -0.2) is 84.9 Å². The lowest BCUT2D eigenvalue weighted by Gasteiger charge is -2.38. The number of carbonyl (C=O) groups is 2. The summed E-state index contributed by atoms with van der Waals surface area (Å²) in [6, 6.07) is -0.290. The van der Waals surface area contributed by atoms with E-state index >= 15 is 0 Å². The van der Waals surface area contributed by atoms with Crippen molar-refractivity contribution < 1.29 is 9.59 Å². The van der Waals surface area contributed by atoms with Gasteiger partial charge < -0.3 is 15.1 Å². The summed E-state index contributed by atoms with van der Waals surface area (Å²) in [5.41, 5.74) is 0. The Balaban J connectivity index is 1.43. The molecule has 0 radical (unpaired) electrons. The van der Waals surface area contributed by atoms with E-state index < -0.39 is 0 Å². The van der Waals surface area contributed by atoms with Gasteiger partial charge in [0.15, 0.2) is 0 Å². The number of nitrogens with zero attached hydrogens (tertiary/aromatic N) is 3. The summed E-state index contributed by atoms with van der Waals surface area (Å²) in [6.45, 7) is 12.2. The van der Waals surface area contributed by atoms with Crippen molar-refractivity contribution in [2.24, 2.45) is 11.8 Å². The molecule has 0 bridgehead atoms. The molecule has 3 fully saturated rings. The zero-order chi connectivity index (χ0) is 19.2. The number of piperazine rings is 1. The number of nitrogens with one attached hydrogen (secondary N) is 1. The zero-order valence-electron chi connectivity index (χ0n) is 17.3. The van der Waals surface area contributed by atoms with Crippen molar-refractivity contribution in [2.45, 2.75) is 58.4 Å². The van der Waals surface area contributed by atoms with Crippen LogP contribution in [0.15, 0.2) is 0 Å². The maximum atomic E-state index is 12.8. The highest BCUT2D eigenvalue weighted by molar-refractivity contribution is 5.88. The molecule has 3 aliphatic heterocycles. The van der Waals surface area contributed by atoms with Crippen molar-refractivity contribution in [3.63, 3.8) is 0 Å². The van der Waals surface area contributed by atoms with Crippen molar-refractivity contribution in [1.29, 1.82) is 0 Å². The van der Waals surface area contributed by atoms with Crippen molar-refractivity contribution in [3.8, 4) is 0 Å². The molecular weight excluding hydrogens is 340 g/mol. The Hall–Kier alpha value is -1.14. The van der Waals surface area contributed by atoms with E-state index in [1.807, 2.05) is 4.90 Å². The van der Waals surface area contributed by atoms with E-state index in [1.54, 1.807) is 0 Å². The summed E-state index contributed by atoms with van der Waals surface area (Å²) in [7, 11) is 0. The van der Waals surface area contributed by atoms with E-state index in [0.29, 0.717) is 18.9 Å². The third-order valence-corrected chi connectivity index (χ3v) is 6.43. The van der Waals surface area contributed by atoms with Gasteiger partial charge in [0.05, 0.1) is 12.5 Å². The van der Waals surface area contributed by atoms with Gasteiger partial charge in [-0.1, -0.05) is 13.8 Å². The van der Waals surface area contributed by atoms with Gasteiger partial charge in [-0.25, -0.2) is 0 Å². The monoisotopic (exact) mass is 378 g/mol. The molecule has 0 spiro atoms. The Labute approximate surface area is 164 Å². The third-order valence-electron chi connectivity index (χ3n) is 6.43. The number of hydrogen-bond acceptors (Lipinski definition) is 4. The van der Waals surface area contributed by atoms with Gasteiger partial charge in [0.25, 0.3) is 0 Å². The predicted octanol–water partition coefficient (Wildman–Crippen LogP) is 1.56. The lowest BCUT2D eigenvalue weighted by molar-refractivity contribution is -0.140. The summed E-state index contributed by atoms with van der Waals surface area (Å²) in [5, 5.41) is 2.94. The van der Waals surface area contributed by atoms with Gasteiger partial charge >= 0.3 is 0 Å². The Bertz CT molecular complexity index is 496. The fourth-order valence-electron chi connectivity index (χ4n) is 4.81. The van der Waals surface area contributed by atoms with Gasteiger partial charge in [0.2, 0.25) is 11.8 Å². The minimum absolute atomic E-state index is 0.0238. The molecule has 3 saturated heterocycles. The average Bonchev–Trinajstić information content (AvgIpc) is 3.16. The highest BCUT2D eigenvalue weighted by Crippen LogP contribution is 2.23. The van der Waals surface area contributed by atoms with Gasteiger partial charge in [-0.15, -0.1) is 0 Å². The van der Waals surface area contributed by atoms with Gasteiger partial charge in [0.1, 0.15) is 0 Å². The van der Waals surface area contributed by atoms with E-state index in [2.05, 4.69) is 29.0 Å². The molecule has 0 unspecified atom stereocenters. The highest BCUT2D eigenvalue weighted by Gasteiger charge is 2.34. The van der Waals surface area contributed by atoms with Crippen LogP contribution in [0.1, 0.15) is 52.4 Å². The molecule has 0 saturated carbocycles. The summed E-state index contributed by atoms with van der Waals surface area (Å²) >= 11 is 0. The lowest BCUT2D eigenvalue weighted by Crippen LogP contribution is -2.57. The number of carbonyl (C=O) groups excluding carboxylic acids is 2. The maximum absolute atomic E-state index is 12.8. The fraction of sp³-hybridized carbons (Fsp3) is 0.905. The molecule has 1 N–H and O–H groups in total. The normalized spacial score (nSPS) is 26.0. The van der Waals surface area contributed by atoms with E-state index in [1.165, 1.54) is 38.9 Å². The molecule has 6 nitrogen and oxygen atoms in total. The topological polar surface area (TPSA) is 55.9 Å². The summed E-state index contributed by atoms with van der Waals surface area (Å²) in [6.07, 6.45) is 6.55. The fourth-order valence-corrected chi connectivity index (χ4v) is 4.81. The van der Waals surface area contributed by atoms with Crippen molar-refractivity contribution in [1.82, 2.24) is 20.0 Å². The van der Waals surface area contributed by atoms with Crippen LogP contribution in [-0.2, 0) is 9.59 Å². The number of amides is 2. The summed E-state index contributed by atoms with van der Waals surface area (Å²) < 4.78 is 0. The van der Waals surface area contributed by atoms with E-state index in [0.717, 1.165) is 44.9 Å². The molecular formula is C21H38N4O2. The first-order valence-electron chi connectivity index (χ1n) is 11.0. The van der Waals surface area contributed by atoms with Gasteiger partial charge in [0, 0.05) is 32.7 Å². The van der Waals surface area contributed by atoms with E-state index in [4.69, 9.17) is 0 Å². The van der Waals surface area contributed by atoms with Gasteiger partial charge in [-0.05, 0) is 63.6 Å². The molecule has 3 rings (SSSR count). The third kappa shape index (κ3) is 5.92. The molecule has 154 valence electrons. The second-order valence-electron chi connectivity index (χ2n) is 9.06. The van der Waals surface area contributed by atoms with Crippen LogP contribution in [0.2, 0.25) is 0 Å².